The number of hydrogen-bond acceptors (Lipinski definition) is 9. The Kier molecular flexibility index (Phi) is 8.85. The molecule has 160 valence electrons. The molecule has 0 spiro atoms. The van der Waals surface area contributed by atoms with Crippen molar-refractivity contribution in [2.45, 2.75) is 88.7 Å². The second-order valence-electron chi connectivity index (χ2n) is 7.46. The summed E-state index contributed by atoms with van der Waals surface area (Å²) in [7, 11) is 0. The lowest BCUT2D eigenvalue weighted by Gasteiger charge is -2.46. The smallest absolute Gasteiger partial charge is 0.187 e. The van der Waals surface area contributed by atoms with Gasteiger partial charge in [-0.15, -0.1) is 0 Å². The van der Waals surface area contributed by atoms with Gasteiger partial charge in [-0.25, -0.2) is 0 Å². The monoisotopic (exact) mass is 394 g/mol. The van der Waals surface area contributed by atoms with Crippen molar-refractivity contribution >= 4 is 0 Å². The zero-order valence-corrected chi connectivity index (χ0v) is 16.2. The molecule has 9 heteroatoms. The van der Waals surface area contributed by atoms with Gasteiger partial charge in [-0.2, -0.15) is 0 Å². The Balaban J connectivity index is 2.08. The zero-order chi connectivity index (χ0) is 20.1. The van der Waals surface area contributed by atoms with E-state index in [1.54, 1.807) is 13.8 Å². The molecule has 0 aliphatic carbocycles. The van der Waals surface area contributed by atoms with Crippen LogP contribution in [-0.4, -0.2) is 100 Å². The molecule has 0 amide bonds. The molecule has 0 bridgehead atoms. The first-order valence-electron chi connectivity index (χ1n) is 9.69. The van der Waals surface area contributed by atoms with Crippen molar-refractivity contribution in [1.82, 2.24) is 0 Å². The van der Waals surface area contributed by atoms with Gasteiger partial charge in [0.2, 0.25) is 0 Å². The molecule has 0 radical (unpaired) electrons. The molecule has 2 aliphatic heterocycles. The highest BCUT2D eigenvalue weighted by Crippen LogP contribution is 2.31. The maximum atomic E-state index is 10.5. The van der Waals surface area contributed by atoms with Crippen LogP contribution in [0.15, 0.2) is 0 Å². The Morgan fingerprint density at radius 1 is 0.889 bits per heavy atom. The van der Waals surface area contributed by atoms with Crippen LogP contribution in [0.4, 0.5) is 0 Å². The number of ether oxygens (including phenoxy) is 4. The Hall–Kier alpha value is -0.360. The van der Waals surface area contributed by atoms with E-state index in [0.29, 0.717) is 6.61 Å². The van der Waals surface area contributed by atoms with Crippen LogP contribution in [0.2, 0.25) is 0 Å². The predicted octanol–water partition coefficient (Wildman–Crippen LogP) is -1.23. The highest BCUT2D eigenvalue weighted by molar-refractivity contribution is 4.94. The third-order valence-corrected chi connectivity index (χ3v) is 5.38. The van der Waals surface area contributed by atoms with Gasteiger partial charge in [0, 0.05) is 12.5 Å². The first-order chi connectivity index (χ1) is 12.8. The second-order valence-corrected chi connectivity index (χ2v) is 7.46. The molecular formula is C18H34O9. The Morgan fingerprint density at radius 2 is 1.59 bits per heavy atom. The minimum absolute atomic E-state index is 0.143. The van der Waals surface area contributed by atoms with E-state index < -0.39 is 61.0 Å². The van der Waals surface area contributed by atoms with Gasteiger partial charge in [-0.1, -0.05) is 20.3 Å². The summed E-state index contributed by atoms with van der Waals surface area (Å²) in [5.74, 6) is -0.490. The van der Waals surface area contributed by atoms with Crippen LogP contribution in [0, 0.1) is 5.92 Å². The van der Waals surface area contributed by atoms with Gasteiger partial charge < -0.3 is 44.5 Å². The molecule has 10 atom stereocenters. The highest BCUT2D eigenvalue weighted by Gasteiger charge is 2.49. The lowest BCUT2D eigenvalue weighted by molar-refractivity contribution is -0.335. The summed E-state index contributed by atoms with van der Waals surface area (Å²) in [6.07, 6.45) is -7.48. The fourth-order valence-electron chi connectivity index (χ4n) is 3.42. The summed E-state index contributed by atoms with van der Waals surface area (Å²) in [5.41, 5.74) is 0. The van der Waals surface area contributed by atoms with Crippen LogP contribution >= 0.6 is 0 Å². The molecule has 0 aromatic rings. The minimum atomic E-state index is -1.37. The van der Waals surface area contributed by atoms with Crippen molar-refractivity contribution in [3.05, 3.63) is 0 Å². The maximum absolute atomic E-state index is 10.5. The lowest BCUT2D eigenvalue weighted by Crippen LogP contribution is -2.63. The van der Waals surface area contributed by atoms with E-state index in [0.717, 1.165) is 12.8 Å². The van der Waals surface area contributed by atoms with E-state index in [9.17, 15) is 25.5 Å². The number of unbranched alkanes of at least 4 members (excludes halogenated alkanes) is 1. The average Bonchev–Trinajstić information content (AvgIpc) is 2.66. The molecule has 9 nitrogen and oxygen atoms in total. The summed E-state index contributed by atoms with van der Waals surface area (Å²) < 4.78 is 22.6. The molecule has 2 heterocycles. The molecule has 2 saturated heterocycles. The number of aliphatic hydroxyl groups is 5. The largest absolute Gasteiger partial charge is 0.394 e. The van der Waals surface area contributed by atoms with E-state index in [1.165, 1.54) is 0 Å². The Bertz CT molecular complexity index is 435. The van der Waals surface area contributed by atoms with Crippen LogP contribution in [0.1, 0.15) is 33.6 Å². The third-order valence-electron chi connectivity index (χ3n) is 5.38. The fraction of sp³-hybridized carbons (Fsp3) is 1.00. The Labute approximate surface area is 159 Å². The molecule has 0 aromatic heterocycles. The van der Waals surface area contributed by atoms with Crippen molar-refractivity contribution in [2.24, 2.45) is 5.92 Å². The van der Waals surface area contributed by atoms with E-state index >= 15 is 0 Å². The Morgan fingerprint density at radius 3 is 2.22 bits per heavy atom. The second kappa shape index (κ2) is 10.4. The third kappa shape index (κ3) is 5.37. The molecule has 27 heavy (non-hydrogen) atoms. The van der Waals surface area contributed by atoms with Crippen LogP contribution in [0.5, 0.6) is 0 Å². The summed E-state index contributed by atoms with van der Waals surface area (Å²) in [4.78, 5) is 0. The normalized spacial score (nSPS) is 45.8. The minimum Gasteiger partial charge on any atom is -0.394 e. The van der Waals surface area contributed by atoms with E-state index in [1.807, 2.05) is 6.92 Å². The van der Waals surface area contributed by atoms with E-state index in [2.05, 4.69) is 0 Å². The summed E-state index contributed by atoms with van der Waals surface area (Å²) >= 11 is 0. The van der Waals surface area contributed by atoms with Crippen LogP contribution < -0.4 is 0 Å². The van der Waals surface area contributed by atoms with Crippen molar-refractivity contribution < 1.29 is 44.5 Å². The lowest BCUT2D eigenvalue weighted by atomic mass is 9.90. The van der Waals surface area contributed by atoms with Gasteiger partial charge in [0.15, 0.2) is 6.29 Å². The highest BCUT2D eigenvalue weighted by atomic mass is 16.7. The van der Waals surface area contributed by atoms with Gasteiger partial charge in [0.25, 0.3) is 0 Å². The SMILES string of the molecule is CCCCOCC1OC(C)C(O)C(O)C1OC1OC(CO)C(C)C(O)C1O. The molecule has 0 saturated carbocycles. The van der Waals surface area contributed by atoms with Gasteiger partial charge in [0.05, 0.1) is 31.5 Å². The molecule has 2 aliphatic rings. The first-order valence-corrected chi connectivity index (χ1v) is 9.69. The standard InChI is InChI=1S/C18H34O9/c1-4-5-6-24-8-12-17(15(22)14(21)10(3)25-12)27-18-16(23)13(20)9(2)11(7-19)26-18/h9-23H,4-8H2,1-3H3. The number of hydrogen-bond donors (Lipinski definition) is 5. The predicted molar refractivity (Wildman–Crippen MR) is 93.9 cm³/mol. The van der Waals surface area contributed by atoms with Gasteiger partial charge in [-0.3, -0.25) is 0 Å². The average molecular weight is 394 g/mol. The van der Waals surface area contributed by atoms with Crippen LogP contribution in [0.3, 0.4) is 0 Å². The van der Waals surface area contributed by atoms with Gasteiger partial charge in [-0.05, 0) is 13.3 Å². The molecular weight excluding hydrogens is 360 g/mol. The molecule has 5 N–H and O–H groups in total. The van der Waals surface area contributed by atoms with Crippen LogP contribution in [0.25, 0.3) is 0 Å². The zero-order valence-electron chi connectivity index (χ0n) is 16.2. The summed E-state index contributed by atoms with van der Waals surface area (Å²) in [5, 5.41) is 50.5. The van der Waals surface area contributed by atoms with Crippen molar-refractivity contribution in [1.29, 1.82) is 0 Å². The molecule has 10 unspecified atom stereocenters. The topological polar surface area (TPSA) is 138 Å². The van der Waals surface area contributed by atoms with E-state index in [4.69, 9.17) is 18.9 Å². The maximum Gasteiger partial charge on any atom is 0.187 e. The van der Waals surface area contributed by atoms with Crippen molar-refractivity contribution in [3.8, 4) is 0 Å². The fourth-order valence-corrected chi connectivity index (χ4v) is 3.42. The number of aliphatic hydroxyl groups excluding tert-OH is 5. The first kappa shape index (κ1) is 22.9. The summed E-state index contributed by atoms with van der Waals surface area (Å²) in [6, 6.07) is 0. The van der Waals surface area contributed by atoms with Crippen LogP contribution in [-0.2, 0) is 18.9 Å². The van der Waals surface area contributed by atoms with Gasteiger partial charge >= 0.3 is 0 Å². The number of rotatable bonds is 8. The molecule has 2 fully saturated rings. The van der Waals surface area contributed by atoms with Crippen molar-refractivity contribution in [3.63, 3.8) is 0 Å². The van der Waals surface area contributed by atoms with E-state index in [-0.39, 0.29) is 13.2 Å². The summed E-state index contributed by atoms with van der Waals surface area (Å²) in [6.45, 7) is 5.66. The van der Waals surface area contributed by atoms with Gasteiger partial charge in [0.1, 0.15) is 30.5 Å². The molecule has 0 aromatic carbocycles. The quantitative estimate of drug-likeness (QED) is 0.320. The molecule has 2 rings (SSSR count). The van der Waals surface area contributed by atoms with Crippen molar-refractivity contribution in [2.75, 3.05) is 19.8 Å².